The maximum absolute atomic E-state index is 12.5. The van der Waals surface area contributed by atoms with Crippen molar-refractivity contribution in [2.45, 2.75) is 18.9 Å². The van der Waals surface area contributed by atoms with E-state index in [0.717, 1.165) is 0 Å². The van der Waals surface area contributed by atoms with Gasteiger partial charge in [0.05, 0.1) is 5.69 Å². The number of carboxylic acids is 1. The van der Waals surface area contributed by atoms with E-state index in [1.165, 1.54) is 11.1 Å². The minimum atomic E-state index is -0.968. The number of carbonyl (C=O) groups is 2. The summed E-state index contributed by atoms with van der Waals surface area (Å²) < 4.78 is 1.62. The molecular formula is C14H14N4O3. The van der Waals surface area contributed by atoms with Crippen LogP contribution >= 0.6 is 0 Å². The first-order valence-corrected chi connectivity index (χ1v) is 6.66. The lowest BCUT2D eigenvalue weighted by Crippen LogP contribution is -2.40. The molecule has 0 bridgehead atoms. The summed E-state index contributed by atoms with van der Waals surface area (Å²) in [6.07, 6.45) is 6.11. The number of aromatic nitrogens is 3. The number of aliphatic carboxylic acids is 1. The first-order chi connectivity index (χ1) is 10.2. The number of likely N-dealkylation sites (tertiary alicyclic amines) is 1. The molecule has 3 rings (SSSR count). The van der Waals surface area contributed by atoms with E-state index < -0.39 is 12.0 Å². The molecule has 2 aromatic heterocycles. The van der Waals surface area contributed by atoms with Gasteiger partial charge >= 0.3 is 5.97 Å². The van der Waals surface area contributed by atoms with Crippen LogP contribution in [0.2, 0.25) is 0 Å². The monoisotopic (exact) mass is 286 g/mol. The van der Waals surface area contributed by atoms with Crippen LogP contribution in [0.3, 0.4) is 0 Å². The Balaban J connectivity index is 1.88. The van der Waals surface area contributed by atoms with Crippen LogP contribution in [0.4, 0.5) is 0 Å². The molecule has 1 aliphatic heterocycles. The van der Waals surface area contributed by atoms with Crippen molar-refractivity contribution in [3.8, 4) is 5.69 Å². The highest BCUT2D eigenvalue weighted by molar-refractivity contribution is 5.95. The zero-order chi connectivity index (χ0) is 14.8. The van der Waals surface area contributed by atoms with E-state index in [2.05, 4.69) is 10.1 Å². The summed E-state index contributed by atoms with van der Waals surface area (Å²) in [6, 6.07) is 4.38. The third-order valence-electron chi connectivity index (χ3n) is 3.53. The van der Waals surface area contributed by atoms with Crippen molar-refractivity contribution in [3.63, 3.8) is 0 Å². The van der Waals surface area contributed by atoms with Crippen molar-refractivity contribution in [3.05, 3.63) is 42.5 Å². The van der Waals surface area contributed by atoms with Crippen LogP contribution in [0.25, 0.3) is 5.69 Å². The van der Waals surface area contributed by atoms with E-state index in [-0.39, 0.29) is 11.6 Å². The third-order valence-corrected chi connectivity index (χ3v) is 3.53. The molecule has 1 aliphatic rings. The van der Waals surface area contributed by atoms with Crippen LogP contribution in [0.1, 0.15) is 23.3 Å². The molecule has 21 heavy (non-hydrogen) atoms. The van der Waals surface area contributed by atoms with Gasteiger partial charge in [-0.15, -0.1) is 0 Å². The van der Waals surface area contributed by atoms with E-state index >= 15 is 0 Å². The minimum absolute atomic E-state index is 0.233. The van der Waals surface area contributed by atoms with Gasteiger partial charge in [0.2, 0.25) is 0 Å². The van der Waals surface area contributed by atoms with Crippen molar-refractivity contribution in [2.75, 3.05) is 6.54 Å². The Kier molecular flexibility index (Phi) is 3.39. The van der Waals surface area contributed by atoms with Gasteiger partial charge in [0.15, 0.2) is 0 Å². The molecule has 0 aromatic carbocycles. The Hall–Kier alpha value is -2.70. The van der Waals surface area contributed by atoms with Crippen molar-refractivity contribution < 1.29 is 14.7 Å². The van der Waals surface area contributed by atoms with Gasteiger partial charge in [0.1, 0.15) is 11.7 Å². The minimum Gasteiger partial charge on any atom is -0.480 e. The number of hydrogen-bond acceptors (Lipinski definition) is 4. The summed E-state index contributed by atoms with van der Waals surface area (Å²) >= 11 is 0. The van der Waals surface area contributed by atoms with Crippen molar-refractivity contribution in [1.29, 1.82) is 0 Å². The Bertz CT molecular complexity index is 669. The van der Waals surface area contributed by atoms with Crippen LogP contribution in [0.15, 0.2) is 36.8 Å². The van der Waals surface area contributed by atoms with E-state index in [1.807, 2.05) is 0 Å². The number of hydrogen-bond donors (Lipinski definition) is 1. The lowest BCUT2D eigenvalue weighted by Gasteiger charge is -2.21. The highest BCUT2D eigenvalue weighted by atomic mass is 16.4. The molecule has 1 atom stereocenters. The quantitative estimate of drug-likeness (QED) is 0.907. The van der Waals surface area contributed by atoms with Gasteiger partial charge in [-0.1, -0.05) is 0 Å². The van der Waals surface area contributed by atoms with Gasteiger partial charge < -0.3 is 10.0 Å². The highest BCUT2D eigenvalue weighted by Gasteiger charge is 2.34. The fourth-order valence-corrected chi connectivity index (χ4v) is 2.51. The first-order valence-electron chi connectivity index (χ1n) is 6.66. The Labute approximate surface area is 120 Å². The lowest BCUT2D eigenvalue weighted by molar-refractivity contribution is -0.141. The standard InChI is InChI=1S/C14H14N4O3/c19-13(17-7-1-3-12(17)14(20)21)11-9-10(4-6-15-11)18-8-2-5-16-18/h2,4-6,8-9,12H,1,3,7H2,(H,20,21). The molecule has 7 heteroatoms. The number of rotatable bonds is 3. The lowest BCUT2D eigenvalue weighted by atomic mass is 10.2. The zero-order valence-corrected chi connectivity index (χ0v) is 11.2. The van der Waals surface area contributed by atoms with Gasteiger partial charge in [-0.2, -0.15) is 5.10 Å². The van der Waals surface area contributed by atoms with Gasteiger partial charge in [-0.05, 0) is 31.0 Å². The molecule has 0 aliphatic carbocycles. The van der Waals surface area contributed by atoms with Crippen molar-refractivity contribution in [1.82, 2.24) is 19.7 Å². The number of pyridine rings is 1. The predicted octanol–water partition coefficient (Wildman–Crippen LogP) is 0.957. The summed E-state index contributed by atoms with van der Waals surface area (Å²) in [7, 11) is 0. The topological polar surface area (TPSA) is 88.3 Å². The first kappa shape index (κ1) is 13.3. The molecule has 2 aromatic rings. The normalized spacial score (nSPS) is 17.9. The van der Waals surface area contributed by atoms with Gasteiger partial charge in [-0.3, -0.25) is 9.78 Å². The third kappa shape index (κ3) is 2.49. The van der Waals surface area contributed by atoms with E-state index in [9.17, 15) is 9.59 Å². The van der Waals surface area contributed by atoms with E-state index in [0.29, 0.717) is 25.1 Å². The van der Waals surface area contributed by atoms with Crippen LogP contribution in [-0.2, 0) is 4.79 Å². The molecule has 108 valence electrons. The summed E-state index contributed by atoms with van der Waals surface area (Å²) in [5, 5.41) is 13.3. The van der Waals surface area contributed by atoms with Crippen LogP contribution in [0.5, 0.6) is 0 Å². The smallest absolute Gasteiger partial charge is 0.326 e. The average molecular weight is 286 g/mol. The van der Waals surface area contributed by atoms with Crippen molar-refractivity contribution in [2.24, 2.45) is 0 Å². The van der Waals surface area contributed by atoms with Gasteiger partial charge in [0, 0.05) is 25.1 Å². The maximum atomic E-state index is 12.5. The SMILES string of the molecule is O=C(O)C1CCCN1C(=O)c1cc(-n2cccn2)ccn1. The predicted molar refractivity (Wildman–Crippen MR) is 73.1 cm³/mol. The number of carbonyl (C=O) groups excluding carboxylic acids is 1. The number of amides is 1. The molecule has 1 saturated heterocycles. The van der Waals surface area contributed by atoms with Gasteiger partial charge in [0.25, 0.3) is 5.91 Å². The Morgan fingerprint density at radius 1 is 1.33 bits per heavy atom. The molecule has 1 amide bonds. The van der Waals surface area contributed by atoms with E-state index in [1.54, 1.807) is 35.3 Å². The second kappa shape index (κ2) is 5.35. The second-order valence-electron chi connectivity index (χ2n) is 4.84. The summed E-state index contributed by atoms with van der Waals surface area (Å²) in [6.45, 7) is 0.448. The van der Waals surface area contributed by atoms with Crippen molar-refractivity contribution >= 4 is 11.9 Å². The number of nitrogens with zero attached hydrogens (tertiary/aromatic N) is 4. The second-order valence-corrected chi connectivity index (χ2v) is 4.84. The molecule has 7 nitrogen and oxygen atoms in total. The maximum Gasteiger partial charge on any atom is 0.326 e. The van der Waals surface area contributed by atoms with Crippen LogP contribution in [0, 0.1) is 0 Å². The molecule has 0 spiro atoms. The summed E-state index contributed by atoms with van der Waals surface area (Å²) in [5.74, 6) is -1.32. The fourth-order valence-electron chi connectivity index (χ4n) is 2.51. The van der Waals surface area contributed by atoms with Crippen LogP contribution in [-0.4, -0.2) is 49.2 Å². The molecule has 1 N–H and O–H groups in total. The molecule has 3 heterocycles. The molecule has 0 radical (unpaired) electrons. The Morgan fingerprint density at radius 2 is 2.19 bits per heavy atom. The molecule has 0 saturated carbocycles. The average Bonchev–Trinajstić information content (AvgIpc) is 3.17. The number of carboxylic acid groups (broad SMARTS) is 1. The zero-order valence-electron chi connectivity index (χ0n) is 11.2. The van der Waals surface area contributed by atoms with E-state index in [4.69, 9.17) is 5.11 Å². The molecular weight excluding hydrogens is 272 g/mol. The largest absolute Gasteiger partial charge is 0.480 e. The molecule has 1 unspecified atom stereocenters. The Morgan fingerprint density at radius 3 is 2.90 bits per heavy atom. The summed E-state index contributed by atoms with van der Waals surface area (Å²) in [5.41, 5.74) is 0.945. The van der Waals surface area contributed by atoms with Gasteiger partial charge in [-0.25, -0.2) is 9.48 Å². The van der Waals surface area contributed by atoms with Crippen LogP contribution < -0.4 is 0 Å². The fraction of sp³-hybridized carbons (Fsp3) is 0.286. The highest BCUT2D eigenvalue weighted by Crippen LogP contribution is 2.20. The summed E-state index contributed by atoms with van der Waals surface area (Å²) in [4.78, 5) is 29.1. The molecule has 1 fully saturated rings.